The highest BCUT2D eigenvalue weighted by atomic mass is 35.5. The predicted octanol–water partition coefficient (Wildman–Crippen LogP) is 4.72. The number of hydroxylamine groups is 1. The molecule has 2 heterocycles. The Morgan fingerprint density at radius 2 is 1.65 bits per heavy atom. The van der Waals surface area contributed by atoms with E-state index in [1.54, 1.807) is 61.7 Å². The molecule has 0 spiro atoms. The molecule has 0 N–H and O–H groups in total. The first-order valence-corrected chi connectivity index (χ1v) is 11.2. The highest BCUT2D eigenvalue weighted by Crippen LogP contribution is 2.50. The van der Waals surface area contributed by atoms with E-state index in [2.05, 4.69) is 0 Å². The van der Waals surface area contributed by atoms with Crippen LogP contribution in [0.3, 0.4) is 0 Å². The van der Waals surface area contributed by atoms with Gasteiger partial charge in [0.15, 0.2) is 6.10 Å². The van der Waals surface area contributed by atoms with Crippen LogP contribution in [0.4, 0.5) is 11.4 Å². The Labute approximate surface area is 202 Å². The summed E-state index contributed by atoms with van der Waals surface area (Å²) < 4.78 is 11.0. The number of methoxy groups -OCH3 is 2. The van der Waals surface area contributed by atoms with Crippen LogP contribution in [0.1, 0.15) is 17.2 Å². The van der Waals surface area contributed by atoms with Gasteiger partial charge in [-0.05, 0) is 61.0 Å². The van der Waals surface area contributed by atoms with Gasteiger partial charge in [0, 0.05) is 16.7 Å². The fourth-order valence-corrected chi connectivity index (χ4v) is 4.75. The topological polar surface area (TPSA) is 68.3 Å². The zero-order valence-corrected chi connectivity index (χ0v) is 19.7. The van der Waals surface area contributed by atoms with E-state index >= 15 is 0 Å². The van der Waals surface area contributed by atoms with Crippen LogP contribution in [0.5, 0.6) is 11.5 Å². The van der Waals surface area contributed by atoms with Gasteiger partial charge in [-0.1, -0.05) is 23.7 Å². The third-order valence-corrected chi connectivity index (χ3v) is 6.47. The molecule has 0 saturated carbocycles. The minimum absolute atomic E-state index is 0.320. The number of carbonyl (C=O) groups is 2. The molecule has 3 unspecified atom stereocenters. The van der Waals surface area contributed by atoms with E-state index in [1.807, 2.05) is 31.2 Å². The van der Waals surface area contributed by atoms with E-state index in [0.29, 0.717) is 33.5 Å². The first kappa shape index (κ1) is 22.3. The number of amides is 2. The number of halogens is 1. The number of fused-ring (bicyclic) bond motifs is 1. The minimum atomic E-state index is -0.972. The summed E-state index contributed by atoms with van der Waals surface area (Å²) in [6.07, 6.45) is -0.972. The summed E-state index contributed by atoms with van der Waals surface area (Å²) in [5.41, 5.74) is 2.86. The lowest BCUT2D eigenvalue weighted by Gasteiger charge is -2.29. The molecule has 2 saturated heterocycles. The third kappa shape index (κ3) is 3.57. The standard InChI is InChI=1S/C26H23ClN2O5/c1-15-5-4-6-18(13-15)28-25(30)22-23(20-12-11-19(32-2)14-21(20)33-3)29(34-24(22)26(28)31)17-9-7-16(27)8-10-17/h4-14,22-24H,1-3H3. The summed E-state index contributed by atoms with van der Waals surface area (Å²) in [7, 11) is 3.13. The van der Waals surface area contributed by atoms with Crippen molar-refractivity contribution in [3.8, 4) is 11.5 Å². The Hall–Kier alpha value is -3.55. The van der Waals surface area contributed by atoms with Gasteiger partial charge in [-0.25, -0.2) is 9.96 Å². The normalized spacial score (nSPS) is 21.7. The number of carbonyl (C=O) groups excluding carboxylic acids is 2. The van der Waals surface area contributed by atoms with E-state index in [-0.39, 0.29) is 5.91 Å². The number of anilines is 2. The van der Waals surface area contributed by atoms with Crippen molar-refractivity contribution >= 4 is 34.8 Å². The van der Waals surface area contributed by atoms with Gasteiger partial charge < -0.3 is 9.47 Å². The quantitative estimate of drug-likeness (QED) is 0.494. The van der Waals surface area contributed by atoms with Crippen LogP contribution in [0.25, 0.3) is 0 Å². The number of imide groups is 1. The van der Waals surface area contributed by atoms with E-state index in [1.165, 1.54) is 4.90 Å². The van der Waals surface area contributed by atoms with Crippen LogP contribution in [0.2, 0.25) is 5.02 Å². The molecule has 0 aromatic heterocycles. The minimum Gasteiger partial charge on any atom is -0.497 e. The lowest BCUT2D eigenvalue weighted by atomic mass is 9.90. The molecule has 2 fully saturated rings. The van der Waals surface area contributed by atoms with Gasteiger partial charge in [0.05, 0.1) is 31.6 Å². The second-order valence-electron chi connectivity index (χ2n) is 8.26. The molecule has 3 atom stereocenters. The summed E-state index contributed by atoms with van der Waals surface area (Å²) in [4.78, 5) is 34.6. The molecule has 7 nitrogen and oxygen atoms in total. The van der Waals surface area contributed by atoms with Crippen molar-refractivity contribution in [3.63, 3.8) is 0 Å². The molecule has 2 amide bonds. The molecule has 0 radical (unpaired) electrons. The van der Waals surface area contributed by atoms with Crippen molar-refractivity contribution in [1.82, 2.24) is 0 Å². The van der Waals surface area contributed by atoms with Gasteiger partial charge >= 0.3 is 0 Å². The van der Waals surface area contributed by atoms with Gasteiger partial charge in [0.25, 0.3) is 5.91 Å². The molecule has 2 aliphatic rings. The summed E-state index contributed by atoms with van der Waals surface area (Å²) in [6, 6.07) is 19.1. The molecule has 34 heavy (non-hydrogen) atoms. The van der Waals surface area contributed by atoms with Crippen LogP contribution in [0, 0.1) is 12.8 Å². The van der Waals surface area contributed by atoms with E-state index in [4.69, 9.17) is 25.9 Å². The highest BCUT2D eigenvalue weighted by molar-refractivity contribution is 6.30. The molecule has 3 aromatic rings. The highest BCUT2D eigenvalue weighted by Gasteiger charge is 2.60. The lowest BCUT2D eigenvalue weighted by molar-refractivity contribution is -0.126. The Kier molecular flexibility index (Phi) is 5.67. The van der Waals surface area contributed by atoms with Crippen molar-refractivity contribution < 1.29 is 23.9 Å². The van der Waals surface area contributed by atoms with Crippen molar-refractivity contribution in [1.29, 1.82) is 0 Å². The fraction of sp³-hybridized carbons (Fsp3) is 0.231. The number of ether oxygens (including phenoxy) is 2. The summed E-state index contributed by atoms with van der Waals surface area (Å²) in [5, 5.41) is 2.18. The Morgan fingerprint density at radius 3 is 2.32 bits per heavy atom. The number of benzene rings is 3. The lowest BCUT2D eigenvalue weighted by Crippen LogP contribution is -2.37. The molecule has 5 rings (SSSR count). The number of hydrogen-bond donors (Lipinski definition) is 0. The predicted molar refractivity (Wildman–Crippen MR) is 128 cm³/mol. The summed E-state index contributed by atoms with van der Waals surface area (Å²) >= 11 is 6.09. The van der Waals surface area contributed by atoms with Crippen LogP contribution >= 0.6 is 11.6 Å². The van der Waals surface area contributed by atoms with Gasteiger partial charge in [0.2, 0.25) is 5.91 Å². The van der Waals surface area contributed by atoms with Crippen molar-refractivity contribution in [3.05, 3.63) is 82.9 Å². The second kappa shape index (κ2) is 8.66. The zero-order chi connectivity index (χ0) is 24.0. The van der Waals surface area contributed by atoms with E-state index < -0.39 is 24.0 Å². The maximum absolute atomic E-state index is 13.8. The average molecular weight is 479 g/mol. The summed E-state index contributed by atoms with van der Waals surface area (Å²) in [6.45, 7) is 1.92. The van der Waals surface area contributed by atoms with Gasteiger partial charge in [-0.2, -0.15) is 0 Å². The molecule has 0 aliphatic carbocycles. The second-order valence-corrected chi connectivity index (χ2v) is 8.69. The maximum atomic E-state index is 13.8. The smallest absolute Gasteiger partial charge is 0.266 e. The number of nitrogens with zero attached hydrogens (tertiary/aromatic N) is 2. The molecule has 3 aromatic carbocycles. The van der Waals surface area contributed by atoms with Crippen LogP contribution < -0.4 is 19.4 Å². The largest absolute Gasteiger partial charge is 0.497 e. The van der Waals surface area contributed by atoms with Crippen molar-refractivity contribution in [2.24, 2.45) is 5.92 Å². The summed E-state index contributed by atoms with van der Waals surface area (Å²) in [5.74, 6) is -0.341. The number of hydrogen-bond acceptors (Lipinski definition) is 6. The maximum Gasteiger partial charge on any atom is 0.266 e. The van der Waals surface area contributed by atoms with Crippen LogP contribution in [0.15, 0.2) is 66.7 Å². The Balaban J connectivity index is 1.63. The van der Waals surface area contributed by atoms with Crippen LogP contribution in [-0.4, -0.2) is 32.1 Å². The van der Waals surface area contributed by atoms with E-state index in [0.717, 1.165) is 5.56 Å². The van der Waals surface area contributed by atoms with Gasteiger partial charge in [-0.15, -0.1) is 0 Å². The van der Waals surface area contributed by atoms with Crippen molar-refractivity contribution in [2.45, 2.75) is 19.1 Å². The number of rotatable bonds is 5. The van der Waals surface area contributed by atoms with Gasteiger partial charge in [-0.3, -0.25) is 14.4 Å². The fourth-order valence-electron chi connectivity index (χ4n) is 4.63. The molecular formula is C26H23ClN2O5. The van der Waals surface area contributed by atoms with Crippen LogP contribution in [-0.2, 0) is 14.4 Å². The van der Waals surface area contributed by atoms with Crippen molar-refractivity contribution in [2.75, 3.05) is 24.2 Å². The Morgan fingerprint density at radius 1 is 0.882 bits per heavy atom. The Bertz CT molecular complexity index is 1260. The molecule has 174 valence electrons. The molecule has 0 bridgehead atoms. The first-order chi connectivity index (χ1) is 16.4. The SMILES string of the molecule is COc1ccc(C2C3C(=O)N(c4cccc(C)c4)C(=O)C3ON2c2ccc(Cl)cc2)c(OC)c1. The number of aryl methyl sites for hydroxylation is 1. The molecule has 2 aliphatic heterocycles. The van der Waals surface area contributed by atoms with E-state index in [9.17, 15) is 9.59 Å². The zero-order valence-electron chi connectivity index (χ0n) is 18.9. The molecule has 8 heteroatoms. The molecular weight excluding hydrogens is 456 g/mol. The van der Waals surface area contributed by atoms with Gasteiger partial charge in [0.1, 0.15) is 17.4 Å². The first-order valence-electron chi connectivity index (χ1n) is 10.8. The average Bonchev–Trinajstić information content (AvgIpc) is 3.34. The monoisotopic (exact) mass is 478 g/mol. The third-order valence-electron chi connectivity index (χ3n) is 6.22.